The average molecular weight is 287 g/mol. The van der Waals surface area contributed by atoms with Gasteiger partial charge in [0.05, 0.1) is 11.7 Å². The Hall–Kier alpha value is -1.84. The molecule has 0 saturated carbocycles. The summed E-state index contributed by atoms with van der Waals surface area (Å²) >= 11 is 0. The van der Waals surface area contributed by atoms with Crippen LogP contribution in [0.3, 0.4) is 0 Å². The topological polar surface area (TPSA) is 29.9 Å². The van der Waals surface area contributed by atoms with Crippen LogP contribution in [0.1, 0.15) is 56.3 Å². The molecule has 3 nitrogen and oxygen atoms in total. The summed E-state index contributed by atoms with van der Waals surface area (Å²) in [6.45, 7) is 5.34. The van der Waals surface area contributed by atoms with Gasteiger partial charge in [0.25, 0.3) is 0 Å². The van der Waals surface area contributed by atoms with Gasteiger partial charge in [0.1, 0.15) is 11.6 Å². The molecule has 3 rings (SSSR count). The maximum atomic E-state index is 13.1. The number of hydrogen-bond acceptors (Lipinski definition) is 2. The van der Waals surface area contributed by atoms with Gasteiger partial charge < -0.3 is 5.32 Å². The van der Waals surface area contributed by atoms with E-state index >= 15 is 0 Å². The second-order valence-corrected chi connectivity index (χ2v) is 5.70. The third-order valence-corrected chi connectivity index (χ3v) is 4.43. The Morgan fingerprint density at radius 2 is 2.00 bits per heavy atom. The molecule has 1 aliphatic heterocycles. The second kappa shape index (κ2) is 5.88. The number of nitrogens with zero attached hydrogens (tertiary/aromatic N) is 2. The van der Waals surface area contributed by atoms with Crippen LogP contribution in [0.2, 0.25) is 0 Å². The maximum absolute atomic E-state index is 13.1. The third kappa shape index (κ3) is 2.67. The zero-order chi connectivity index (χ0) is 14.8. The molecule has 1 atom stereocenters. The number of benzene rings is 1. The molecular formula is C17H22FN3. The molecule has 0 spiro atoms. The van der Waals surface area contributed by atoms with Gasteiger partial charge in [0, 0.05) is 18.5 Å². The maximum Gasteiger partial charge on any atom is 0.125 e. The van der Waals surface area contributed by atoms with E-state index in [4.69, 9.17) is 5.10 Å². The molecule has 112 valence electrons. The predicted molar refractivity (Wildman–Crippen MR) is 83.2 cm³/mol. The summed E-state index contributed by atoms with van der Waals surface area (Å²) in [5.74, 6) is 1.40. The number of anilines is 1. The van der Waals surface area contributed by atoms with Gasteiger partial charge in [0.15, 0.2) is 0 Å². The first-order valence-corrected chi connectivity index (χ1v) is 7.81. The van der Waals surface area contributed by atoms with Crippen molar-refractivity contribution in [3.8, 4) is 0 Å². The Labute approximate surface area is 125 Å². The molecule has 0 amide bonds. The van der Waals surface area contributed by atoms with Crippen molar-refractivity contribution in [3.63, 3.8) is 0 Å². The van der Waals surface area contributed by atoms with E-state index in [0.29, 0.717) is 5.92 Å². The summed E-state index contributed by atoms with van der Waals surface area (Å²) < 4.78 is 15.2. The second-order valence-electron chi connectivity index (χ2n) is 5.70. The largest absolute Gasteiger partial charge is 0.370 e. The van der Waals surface area contributed by atoms with Crippen molar-refractivity contribution in [1.82, 2.24) is 9.78 Å². The van der Waals surface area contributed by atoms with Gasteiger partial charge in [-0.1, -0.05) is 26.0 Å². The van der Waals surface area contributed by atoms with Crippen molar-refractivity contribution in [2.24, 2.45) is 0 Å². The van der Waals surface area contributed by atoms with E-state index in [1.54, 1.807) is 0 Å². The molecule has 2 aromatic rings. The molecule has 0 bridgehead atoms. The highest BCUT2D eigenvalue weighted by molar-refractivity contribution is 5.42. The minimum atomic E-state index is -0.189. The summed E-state index contributed by atoms with van der Waals surface area (Å²) in [6, 6.07) is 9.17. The van der Waals surface area contributed by atoms with Crippen LogP contribution in [0.25, 0.3) is 0 Å². The normalized spacial score (nSPS) is 17.6. The lowest BCUT2D eigenvalue weighted by Gasteiger charge is -2.26. The van der Waals surface area contributed by atoms with E-state index in [0.717, 1.165) is 42.9 Å². The highest BCUT2D eigenvalue weighted by Crippen LogP contribution is 2.33. The fourth-order valence-corrected chi connectivity index (χ4v) is 3.14. The van der Waals surface area contributed by atoms with Crippen LogP contribution >= 0.6 is 0 Å². The van der Waals surface area contributed by atoms with Crippen molar-refractivity contribution in [2.45, 2.75) is 45.1 Å². The zero-order valence-electron chi connectivity index (χ0n) is 12.6. The molecule has 1 N–H and O–H groups in total. The summed E-state index contributed by atoms with van der Waals surface area (Å²) in [7, 11) is 0. The van der Waals surface area contributed by atoms with E-state index in [1.807, 2.05) is 12.1 Å². The van der Waals surface area contributed by atoms with Crippen molar-refractivity contribution >= 4 is 5.82 Å². The number of rotatable bonds is 4. The van der Waals surface area contributed by atoms with Crippen molar-refractivity contribution < 1.29 is 4.39 Å². The van der Waals surface area contributed by atoms with Gasteiger partial charge in [0.2, 0.25) is 0 Å². The van der Waals surface area contributed by atoms with Crippen molar-refractivity contribution in [1.29, 1.82) is 0 Å². The minimum absolute atomic E-state index is 0.189. The number of fused-ring (bicyclic) bond motifs is 1. The van der Waals surface area contributed by atoms with Crippen LogP contribution in [0, 0.1) is 5.82 Å². The number of nitrogens with one attached hydrogen (secondary N) is 1. The molecule has 0 radical (unpaired) electrons. The van der Waals surface area contributed by atoms with E-state index in [1.165, 1.54) is 12.1 Å². The van der Waals surface area contributed by atoms with Crippen LogP contribution in [-0.4, -0.2) is 16.3 Å². The summed E-state index contributed by atoms with van der Waals surface area (Å²) in [5, 5.41) is 8.26. The molecule has 1 unspecified atom stereocenters. The van der Waals surface area contributed by atoms with Crippen LogP contribution < -0.4 is 5.32 Å². The number of aromatic nitrogens is 2. The fourth-order valence-electron chi connectivity index (χ4n) is 3.14. The quantitative estimate of drug-likeness (QED) is 0.907. The first kappa shape index (κ1) is 14.1. The van der Waals surface area contributed by atoms with Crippen LogP contribution in [0.15, 0.2) is 30.3 Å². The van der Waals surface area contributed by atoms with Crippen LogP contribution in [0.5, 0.6) is 0 Å². The molecule has 1 aromatic carbocycles. The summed E-state index contributed by atoms with van der Waals surface area (Å²) in [6.07, 6.45) is 3.19. The molecule has 0 fully saturated rings. The molecule has 1 aromatic heterocycles. The standard InChI is InChI=1S/C17H22FN3/c1-3-12(4-2)15-11-17-19-10-9-16(21(17)20-15)13-5-7-14(18)8-6-13/h5-8,11-12,16,19H,3-4,9-10H2,1-2H3. The van der Waals surface area contributed by atoms with E-state index in [9.17, 15) is 4.39 Å². The SMILES string of the molecule is CCC(CC)c1cc2n(n1)C(c1ccc(F)cc1)CCN2. The molecular weight excluding hydrogens is 265 g/mol. The zero-order valence-corrected chi connectivity index (χ0v) is 12.6. The first-order chi connectivity index (χ1) is 10.2. The first-order valence-electron chi connectivity index (χ1n) is 7.81. The lowest BCUT2D eigenvalue weighted by molar-refractivity contribution is 0.470. The molecule has 0 aliphatic carbocycles. The van der Waals surface area contributed by atoms with Crippen molar-refractivity contribution in [3.05, 3.63) is 47.4 Å². The molecule has 2 heterocycles. The Morgan fingerprint density at radius 1 is 1.29 bits per heavy atom. The minimum Gasteiger partial charge on any atom is -0.370 e. The highest BCUT2D eigenvalue weighted by atomic mass is 19.1. The van der Waals surface area contributed by atoms with Gasteiger partial charge in [-0.25, -0.2) is 9.07 Å². The molecule has 1 aliphatic rings. The van der Waals surface area contributed by atoms with Gasteiger partial charge in [-0.3, -0.25) is 0 Å². The summed E-state index contributed by atoms with van der Waals surface area (Å²) in [4.78, 5) is 0. The van der Waals surface area contributed by atoms with Crippen LogP contribution in [0.4, 0.5) is 10.2 Å². The third-order valence-electron chi connectivity index (χ3n) is 4.43. The monoisotopic (exact) mass is 287 g/mol. The smallest absolute Gasteiger partial charge is 0.125 e. The van der Waals surface area contributed by atoms with E-state index < -0.39 is 0 Å². The molecule has 0 saturated heterocycles. The van der Waals surface area contributed by atoms with Gasteiger partial charge in [-0.05, 0) is 37.0 Å². The summed E-state index contributed by atoms with van der Waals surface area (Å²) in [5.41, 5.74) is 2.29. The van der Waals surface area contributed by atoms with E-state index in [2.05, 4.69) is 29.9 Å². The van der Waals surface area contributed by atoms with Gasteiger partial charge in [-0.15, -0.1) is 0 Å². The average Bonchev–Trinajstić information content (AvgIpc) is 2.93. The van der Waals surface area contributed by atoms with Crippen molar-refractivity contribution in [2.75, 3.05) is 11.9 Å². The Balaban J connectivity index is 1.95. The molecule has 21 heavy (non-hydrogen) atoms. The predicted octanol–water partition coefficient (Wildman–Crippen LogP) is 4.33. The van der Waals surface area contributed by atoms with Gasteiger partial charge >= 0.3 is 0 Å². The number of halogens is 1. The van der Waals surface area contributed by atoms with Crippen LogP contribution in [-0.2, 0) is 0 Å². The Kier molecular flexibility index (Phi) is 3.95. The molecule has 4 heteroatoms. The van der Waals surface area contributed by atoms with Gasteiger partial charge in [-0.2, -0.15) is 5.10 Å². The Morgan fingerprint density at radius 3 is 2.67 bits per heavy atom. The Bertz CT molecular complexity index is 599. The lowest BCUT2D eigenvalue weighted by atomic mass is 10.00. The lowest BCUT2D eigenvalue weighted by Crippen LogP contribution is -2.24. The van der Waals surface area contributed by atoms with E-state index in [-0.39, 0.29) is 11.9 Å². The highest BCUT2D eigenvalue weighted by Gasteiger charge is 2.24. The fraction of sp³-hybridized carbons (Fsp3) is 0.471. The number of hydrogen-bond donors (Lipinski definition) is 1.